The minimum atomic E-state index is 0.602. The van der Waals surface area contributed by atoms with Gasteiger partial charge in [0, 0.05) is 30.2 Å². The second-order valence-electron chi connectivity index (χ2n) is 5.19. The predicted molar refractivity (Wildman–Crippen MR) is 78.6 cm³/mol. The first kappa shape index (κ1) is 13.0. The van der Waals surface area contributed by atoms with Gasteiger partial charge in [-0.15, -0.1) is 0 Å². The Morgan fingerprint density at radius 1 is 1.10 bits per heavy atom. The van der Waals surface area contributed by atoms with Crippen molar-refractivity contribution in [2.24, 2.45) is 0 Å². The summed E-state index contributed by atoms with van der Waals surface area (Å²) >= 11 is 0. The van der Waals surface area contributed by atoms with Gasteiger partial charge in [-0.3, -0.25) is 0 Å². The van der Waals surface area contributed by atoms with Crippen molar-refractivity contribution in [1.82, 2.24) is 19.9 Å². The van der Waals surface area contributed by atoms with Crippen LogP contribution in [0.5, 0.6) is 0 Å². The molecular weight excluding hydrogens is 250 g/mol. The first-order valence-corrected chi connectivity index (χ1v) is 7.20. The summed E-state index contributed by atoms with van der Waals surface area (Å²) < 4.78 is 0. The van der Waals surface area contributed by atoms with Crippen molar-refractivity contribution in [3.63, 3.8) is 0 Å². The maximum absolute atomic E-state index is 4.65. The molecular formula is C15H19N5. The molecule has 1 N–H and O–H groups in total. The topological polar surface area (TPSA) is 63.6 Å². The van der Waals surface area contributed by atoms with Crippen molar-refractivity contribution in [2.45, 2.75) is 39.5 Å². The van der Waals surface area contributed by atoms with Crippen molar-refractivity contribution in [3.05, 3.63) is 29.2 Å². The number of hydrogen-bond donors (Lipinski definition) is 1. The van der Waals surface area contributed by atoms with E-state index in [0.29, 0.717) is 11.6 Å². The molecule has 1 aliphatic rings. The molecule has 0 saturated heterocycles. The first-order valence-electron chi connectivity index (χ1n) is 7.20. The van der Waals surface area contributed by atoms with E-state index in [-0.39, 0.29) is 0 Å². The third kappa shape index (κ3) is 2.48. The molecule has 0 aliphatic heterocycles. The summed E-state index contributed by atoms with van der Waals surface area (Å²) in [6, 6.07) is 0. The Balaban J connectivity index is 2.01. The van der Waals surface area contributed by atoms with E-state index in [9.17, 15) is 0 Å². The molecule has 2 aromatic rings. The molecule has 0 amide bonds. The lowest BCUT2D eigenvalue weighted by Crippen LogP contribution is -2.08. The summed E-state index contributed by atoms with van der Waals surface area (Å²) in [5, 5.41) is 3.41. The van der Waals surface area contributed by atoms with Gasteiger partial charge in [0.25, 0.3) is 0 Å². The molecule has 0 aromatic carbocycles. The zero-order chi connectivity index (χ0) is 13.9. The van der Waals surface area contributed by atoms with E-state index >= 15 is 0 Å². The Morgan fingerprint density at radius 3 is 2.65 bits per heavy atom. The summed E-state index contributed by atoms with van der Waals surface area (Å²) in [6.45, 7) is 5.05. The largest absolute Gasteiger partial charge is 0.370 e. The fraction of sp³-hybridized carbons (Fsp3) is 0.467. The Labute approximate surface area is 118 Å². The minimum absolute atomic E-state index is 0.602. The van der Waals surface area contributed by atoms with Crippen LogP contribution in [0.15, 0.2) is 12.4 Å². The zero-order valence-corrected chi connectivity index (χ0v) is 12.0. The second kappa shape index (κ2) is 5.53. The number of anilines is 1. The normalized spacial score (nSPS) is 13.3. The lowest BCUT2D eigenvalue weighted by molar-refractivity contribution is 0.898. The van der Waals surface area contributed by atoms with E-state index in [1.54, 1.807) is 12.4 Å². The molecule has 104 valence electrons. The van der Waals surface area contributed by atoms with Gasteiger partial charge in [0.2, 0.25) is 0 Å². The van der Waals surface area contributed by atoms with Gasteiger partial charge in [-0.1, -0.05) is 6.92 Å². The molecule has 2 aromatic heterocycles. The maximum atomic E-state index is 4.65. The highest BCUT2D eigenvalue weighted by Gasteiger charge is 2.20. The van der Waals surface area contributed by atoms with Crippen molar-refractivity contribution in [2.75, 3.05) is 11.9 Å². The average Bonchev–Trinajstić information content (AvgIpc) is 2.94. The summed E-state index contributed by atoms with van der Waals surface area (Å²) in [5.41, 5.74) is 3.46. The number of nitrogens with zero attached hydrogens (tertiary/aromatic N) is 4. The standard InChI is InChI=1S/C15H19N5/c1-3-7-16-13-11-5-4-6-12(11)19-15(20-13)14-17-8-10(2)9-18-14/h8-9H,3-7H2,1-2H3,(H,16,19,20). The quantitative estimate of drug-likeness (QED) is 0.924. The predicted octanol–water partition coefficient (Wildman–Crippen LogP) is 2.55. The molecule has 1 aliphatic carbocycles. The SMILES string of the molecule is CCCNc1nc(-c2ncc(C)cn2)nc2c1CCC2. The molecule has 0 bridgehead atoms. The zero-order valence-electron chi connectivity index (χ0n) is 12.0. The average molecular weight is 269 g/mol. The van der Waals surface area contributed by atoms with Gasteiger partial charge >= 0.3 is 0 Å². The number of aromatic nitrogens is 4. The van der Waals surface area contributed by atoms with Crippen LogP contribution in [0.3, 0.4) is 0 Å². The van der Waals surface area contributed by atoms with E-state index in [2.05, 4.69) is 32.2 Å². The molecule has 2 heterocycles. The molecule has 0 spiro atoms. The van der Waals surface area contributed by atoms with Crippen molar-refractivity contribution in [3.8, 4) is 11.6 Å². The van der Waals surface area contributed by atoms with Crippen LogP contribution in [-0.2, 0) is 12.8 Å². The van der Waals surface area contributed by atoms with E-state index in [1.807, 2.05) is 6.92 Å². The van der Waals surface area contributed by atoms with Crippen molar-refractivity contribution < 1.29 is 0 Å². The van der Waals surface area contributed by atoms with Crippen molar-refractivity contribution >= 4 is 5.82 Å². The van der Waals surface area contributed by atoms with Gasteiger partial charge in [0.15, 0.2) is 11.6 Å². The maximum Gasteiger partial charge on any atom is 0.199 e. The second-order valence-corrected chi connectivity index (χ2v) is 5.19. The fourth-order valence-electron chi connectivity index (χ4n) is 2.43. The summed E-state index contributed by atoms with van der Waals surface area (Å²) in [6.07, 6.45) is 7.93. The third-order valence-corrected chi connectivity index (χ3v) is 3.46. The van der Waals surface area contributed by atoms with Crippen LogP contribution < -0.4 is 5.32 Å². The van der Waals surface area contributed by atoms with Gasteiger partial charge in [-0.05, 0) is 38.2 Å². The van der Waals surface area contributed by atoms with Gasteiger partial charge in [-0.25, -0.2) is 19.9 Å². The minimum Gasteiger partial charge on any atom is -0.370 e. The molecule has 0 fully saturated rings. The highest BCUT2D eigenvalue weighted by atomic mass is 15.1. The molecule has 0 saturated carbocycles. The number of aryl methyl sites for hydroxylation is 2. The van der Waals surface area contributed by atoms with E-state index < -0.39 is 0 Å². The van der Waals surface area contributed by atoms with Gasteiger partial charge in [-0.2, -0.15) is 0 Å². The smallest absolute Gasteiger partial charge is 0.199 e. The lowest BCUT2D eigenvalue weighted by atomic mass is 10.2. The Kier molecular flexibility index (Phi) is 3.58. The van der Waals surface area contributed by atoms with Crippen LogP contribution in [0, 0.1) is 6.92 Å². The molecule has 20 heavy (non-hydrogen) atoms. The number of nitrogens with one attached hydrogen (secondary N) is 1. The van der Waals surface area contributed by atoms with Crippen molar-refractivity contribution in [1.29, 1.82) is 0 Å². The van der Waals surface area contributed by atoms with Gasteiger partial charge in [0.1, 0.15) is 5.82 Å². The molecule has 5 heteroatoms. The van der Waals surface area contributed by atoms with E-state index in [0.717, 1.165) is 49.3 Å². The Morgan fingerprint density at radius 2 is 1.90 bits per heavy atom. The molecule has 3 rings (SSSR count). The third-order valence-electron chi connectivity index (χ3n) is 3.46. The Hall–Kier alpha value is -2.04. The van der Waals surface area contributed by atoms with Crippen LogP contribution in [0.2, 0.25) is 0 Å². The van der Waals surface area contributed by atoms with Crippen LogP contribution in [-0.4, -0.2) is 26.5 Å². The van der Waals surface area contributed by atoms with Gasteiger partial charge in [0.05, 0.1) is 0 Å². The van der Waals surface area contributed by atoms with Gasteiger partial charge < -0.3 is 5.32 Å². The molecule has 0 atom stereocenters. The molecule has 0 radical (unpaired) electrons. The number of fused-ring (bicyclic) bond motifs is 1. The molecule has 0 unspecified atom stereocenters. The monoisotopic (exact) mass is 269 g/mol. The van der Waals surface area contributed by atoms with Crippen LogP contribution in [0.25, 0.3) is 11.6 Å². The van der Waals surface area contributed by atoms with E-state index in [4.69, 9.17) is 0 Å². The number of hydrogen-bond acceptors (Lipinski definition) is 5. The summed E-state index contributed by atoms with van der Waals surface area (Å²) in [5.74, 6) is 2.20. The highest BCUT2D eigenvalue weighted by molar-refractivity contribution is 5.55. The first-order chi connectivity index (χ1) is 9.78. The fourth-order valence-corrected chi connectivity index (χ4v) is 2.43. The summed E-state index contributed by atoms with van der Waals surface area (Å²) in [4.78, 5) is 17.9. The highest BCUT2D eigenvalue weighted by Crippen LogP contribution is 2.28. The number of rotatable bonds is 4. The van der Waals surface area contributed by atoms with Crippen LogP contribution >= 0.6 is 0 Å². The van der Waals surface area contributed by atoms with Crippen LogP contribution in [0.1, 0.15) is 36.6 Å². The van der Waals surface area contributed by atoms with E-state index in [1.165, 1.54) is 5.56 Å². The lowest BCUT2D eigenvalue weighted by Gasteiger charge is -2.11. The molecule has 5 nitrogen and oxygen atoms in total. The van der Waals surface area contributed by atoms with Crippen LogP contribution in [0.4, 0.5) is 5.82 Å². The summed E-state index contributed by atoms with van der Waals surface area (Å²) in [7, 11) is 0. The Bertz CT molecular complexity index is 606.